The average Bonchev–Trinajstić information content (AvgIpc) is 2.26. The van der Waals surface area contributed by atoms with Gasteiger partial charge in [0.05, 0.1) is 11.8 Å². The zero-order valence-corrected chi connectivity index (χ0v) is 10.7. The number of nitrogens with one attached hydrogen (secondary N) is 1. The number of hydrogen-bond acceptors (Lipinski definition) is 3. The second-order valence-electron chi connectivity index (χ2n) is 4.33. The molecule has 0 bridgehead atoms. The smallest absolute Gasteiger partial charge is 0.123 e. The Kier molecular flexibility index (Phi) is 5.26. The number of nitrogens with zero attached hydrogens (tertiary/aromatic N) is 1. The molecule has 0 aromatic carbocycles. The van der Waals surface area contributed by atoms with Crippen molar-refractivity contribution in [2.45, 2.75) is 40.3 Å². The van der Waals surface area contributed by atoms with Crippen molar-refractivity contribution in [3.8, 4) is 5.75 Å². The Labute approximate surface area is 98.2 Å². The molecule has 3 nitrogen and oxygen atoms in total. The van der Waals surface area contributed by atoms with Crippen LogP contribution in [0.5, 0.6) is 5.75 Å². The van der Waals surface area contributed by atoms with Crippen LogP contribution in [0.2, 0.25) is 0 Å². The Balaban J connectivity index is 2.59. The Hall–Kier alpha value is -1.09. The average molecular weight is 222 g/mol. The van der Waals surface area contributed by atoms with Crippen LogP contribution in [0, 0.1) is 5.92 Å². The second kappa shape index (κ2) is 6.48. The van der Waals surface area contributed by atoms with E-state index in [-0.39, 0.29) is 6.10 Å². The molecule has 0 aliphatic carbocycles. The minimum absolute atomic E-state index is 0.231. The summed E-state index contributed by atoms with van der Waals surface area (Å²) in [6, 6.07) is 3.91. The lowest BCUT2D eigenvalue weighted by atomic mass is 10.1. The molecule has 0 saturated heterocycles. The van der Waals surface area contributed by atoms with Crippen LogP contribution in [0.25, 0.3) is 0 Å². The van der Waals surface area contributed by atoms with Gasteiger partial charge in [0.2, 0.25) is 0 Å². The van der Waals surface area contributed by atoms with E-state index in [1.807, 2.05) is 12.1 Å². The molecule has 0 aliphatic rings. The molecule has 1 rings (SSSR count). The van der Waals surface area contributed by atoms with Gasteiger partial charge in [-0.2, -0.15) is 0 Å². The lowest BCUT2D eigenvalue weighted by molar-refractivity contribution is 0.170. The van der Waals surface area contributed by atoms with Gasteiger partial charge in [-0.3, -0.25) is 4.98 Å². The van der Waals surface area contributed by atoms with Crippen molar-refractivity contribution in [2.75, 3.05) is 6.54 Å². The van der Waals surface area contributed by atoms with Crippen LogP contribution in [0.3, 0.4) is 0 Å². The molecule has 0 fully saturated rings. The normalized spacial score (nSPS) is 12.8. The van der Waals surface area contributed by atoms with E-state index in [9.17, 15) is 0 Å². The molecule has 1 atom stereocenters. The maximum Gasteiger partial charge on any atom is 0.123 e. The Morgan fingerprint density at radius 3 is 2.75 bits per heavy atom. The summed E-state index contributed by atoms with van der Waals surface area (Å²) in [6.45, 7) is 10.2. The summed E-state index contributed by atoms with van der Waals surface area (Å²) >= 11 is 0. The summed E-state index contributed by atoms with van der Waals surface area (Å²) in [7, 11) is 0. The highest BCUT2D eigenvalue weighted by Gasteiger charge is 2.08. The summed E-state index contributed by atoms with van der Waals surface area (Å²) in [4.78, 5) is 4.29. The van der Waals surface area contributed by atoms with Crippen molar-refractivity contribution < 1.29 is 4.74 Å². The first-order valence-electron chi connectivity index (χ1n) is 5.95. The Bertz CT molecular complexity index is 313. The van der Waals surface area contributed by atoms with Crippen LogP contribution in [0.1, 0.15) is 33.4 Å². The van der Waals surface area contributed by atoms with E-state index in [1.54, 1.807) is 6.20 Å². The molecule has 16 heavy (non-hydrogen) atoms. The summed E-state index contributed by atoms with van der Waals surface area (Å²) < 4.78 is 5.83. The van der Waals surface area contributed by atoms with Crippen LogP contribution >= 0.6 is 0 Å². The predicted octanol–water partition coefficient (Wildman–Crippen LogP) is 2.61. The van der Waals surface area contributed by atoms with Crippen LogP contribution in [0.15, 0.2) is 18.3 Å². The van der Waals surface area contributed by atoms with Crippen molar-refractivity contribution >= 4 is 0 Å². The van der Waals surface area contributed by atoms with E-state index in [0.717, 1.165) is 24.5 Å². The first-order chi connectivity index (χ1) is 7.63. The highest BCUT2D eigenvalue weighted by Crippen LogP contribution is 2.16. The minimum Gasteiger partial charge on any atom is -0.490 e. The lowest BCUT2D eigenvalue weighted by Gasteiger charge is -2.18. The van der Waals surface area contributed by atoms with Gasteiger partial charge < -0.3 is 10.1 Å². The van der Waals surface area contributed by atoms with E-state index >= 15 is 0 Å². The number of hydrogen-bond donors (Lipinski definition) is 1. The van der Waals surface area contributed by atoms with E-state index in [0.29, 0.717) is 5.92 Å². The molecule has 90 valence electrons. The molecule has 1 aromatic heterocycles. The van der Waals surface area contributed by atoms with Gasteiger partial charge in [0, 0.05) is 18.8 Å². The zero-order chi connectivity index (χ0) is 12.0. The van der Waals surface area contributed by atoms with E-state index in [1.165, 1.54) is 0 Å². The fourth-order valence-corrected chi connectivity index (χ4v) is 1.23. The van der Waals surface area contributed by atoms with E-state index in [2.05, 4.69) is 38.0 Å². The summed E-state index contributed by atoms with van der Waals surface area (Å²) in [6.07, 6.45) is 2.03. The Morgan fingerprint density at radius 1 is 1.38 bits per heavy atom. The standard InChI is InChI=1S/C13H22N2O/c1-5-14-9-12-8-13(6-7-15-12)16-11(4)10(2)3/h6-8,10-11,14H,5,9H2,1-4H3. The van der Waals surface area contributed by atoms with Gasteiger partial charge in [-0.15, -0.1) is 0 Å². The van der Waals surface area contributed by atoms with Gasteiger partial charge in [-0.25, -0.2) is 0 Å². The summed E-state index contributed by atoms with van der Waals surface area (Å²) in [5.41, 5.74) is 1.02. The number of rotatable bonds is 6. The van der Waals surface area contributed by atoms with Crippen molar-refractivity contribution in [2.24, 2.45) is 5.92 Å². The first-order valence-corrected chi connectivity index (χ1v) is 5.95. The molecular weight excluding hydrogens is 200 g/mol. The fourth-order valence-electron chi connectivity index (χ4n) is 1.23. The van der Waals surface area contributed by atoms with Gasteiger partial charge in [-0.1, -0.05) is 20.8 Å². The van der Waals surface area contributed by atoms with Gasteiger partial charge in [0.25, 0.3) is 0 Å². The molecule has 0 radical (unpaired) electrons. The van der Waals surface area contributed by atoms with Gasteiger partial charge in [-0.05, 0) is 25.5 Å². The first kappa shape index (κ1) is 13.0. The second-order valence-corrected chi connectivity index (χ2v) is 4.33. The number of aromatic nitrogens is 1. The van der Waals surface area contributed by atoms with Crippen molar-refractivity contribution in [3.05, 3.63) is 24.0 Å². The Morgan fingerprint density at radius 2 is 2.12 bits per heavy atom. The maximum absolute atomic E-state index is 5.83. The molecule has 0 amide bonds. The van der Waals surface area contributed by atoms with Crippen molar-refractivity contribution in [1.29, 1.82) is 0 Å². The minimum atomic E-state index is 0.231. The highest BCUT2D eigenvalue weighted by atomic mass is 16.5. The molecule has 0 spiro atoms. The monoisotopic (exact) mass is 222 g/mol. The van der Waals surface area contributed by atoms with Gasteiger partial charge in [0.15, 0.2) is 0 Å². The molecule has 3 heteroatoms. The predicted molar refractivity (Wildman–Crippen MR) is 66.5 cm³/mol. The highest BCUT2D eigenvalue weighted by molar-refractivity contribution is 5.22. The van der Waals surface area contributed by atoms with Crippen LogP contribution < -0.4 is 10.1 Å². The molecule has 0 saturated carbocycles. The third-order valence-corrected chi connectivity index (χ3v) is 2.60. The zero-order valence-electron chi connectivity index (χ0n) is 10.7. The molecule has 1 N–H and O–H groups in total. The molecular formula is C13H22N2O. The SMILES string of the molecule is CCNCc1cc(OC(C)C(C)C)ccn1. The van der Waals surface area contributed by atoms with Crippen LogP contribution in [-0.2, 0) is 6.54 Å². The molecule has 0 aliphatic heterocycles. The van der Waals surface area contributed by atoms with Gasteiger partial charge in [0.1, 0.15) is 5.75 Å². The lowest BCUT2D eigenvalue weighted by Crippen LogP contribution is -2.19. The molecule has 1 unspecified atom stereocenters. The summed E-state index contributed by atoms with van der Waals surface area (Å²) in [5.74, 6) is 1.43. The maximum atomic E-state index is 5.83. The van der Waals surface area contributed by atoms with E-state index < -0.39 is 0 Å². The van der Waals surface area contributed by atoms with Crippen molar-refractivity contribution in [3.63, 3.8) is 0 Å². The van der Waals surface area contributed by atoms with Crippen molar-refractivity contribution in [1.82, 2.24) is 10.3 Å². The topological polar surface area (TPSA) is 34.1 Å². The summed E-state index contributed by atoms with van der Waals surface area (Å²) in [5, 5.41) is 3.25. The number of ether oxygens (including phenoxy) is 1. The third kappa shape index (κ3) is 4.19. The molecule has 1 aromatic rings. The quantitative estimate of drug-likeness (QED) is 0.803. The molecule has 1 heterocycles. The fraction of sp³-hybridized carbons (Fsp3) is 0.615. The van der Waals surface area contributed by atoms with Crippen LogP contribution in [0.4, 0.5) is 0 Å². The van der Waals surface area contributed by atoms with E-state index in [4.69, 9.17) is 4.74 Å². The van der Waals surface area contributed by atoms with Crippen LogP contribution in [-0.4, -0.2) is 17.6 Å². The third-order valence-electron chi connectivity index (χ3n) is 2.60. The largest absolute Gasteiger partial charge is 0.490 e. The number of pyridine rings is 1. The van der Waals surface area contributed by atoms with Gasteiger partial charge >= 0.3 is 0 Å².